The molecule has 3 heterocycles. The zero-order valence-electron chi connectivity index (χ0n) is 22.7. The predicted molar refractivity (Wildman–Crippen MR) is 145 cm³/mol. The first kappa shape index (κ1) is 29.6. The van der Waals surface area contributed by atoms with Crippen LogP contribution in [0.3, 0.4) is 0 Å². The number of hydrogen-bond donors (Lipinski definition) is 1. The van der Waals surface area contributed by atoms with Crippen LogP contribution in [0.5, 0.6) is 0 Å². The minimum atomic E-state index is -4.73. The summed E-state index contributed by atoms with van der Waals surface area (Å²) in [6.45, 7) is 8.64. The number of nitrogens with one attached hydrogen (secondary N) is 1. The van der Waals surface area contributed by atoms with Gasteiger partial charge in [-0.1, -0.05) is 18.3 Å². The Hall–Kier alpha value is -3.43. The van der Waals surface area contributed by atoms with Crippen molar-refractivity contribution in [1.29, 1.82) is 0 Å². The van der Waals surface area contributed by atoms with Gasteiger partial charge in [-0.15, -0.1) is 14.9 Å². The van der Waals surface area contributed by atoms with E-state index in [9.17, 15) is 35.2 Å². The Bertz CT molecular complexity index is 1750. The fourth-order valence-electron chi connectivity index (χ4n) is 5.12. The van der Waals surface area contributed by atoms with Crippen LogP contribution >= 0.6 is 11.3 Å². The summed E-state index contributed by atoms with van der Waals surface area (Å²) in [7, 11) is -4.36. The highest BCUT2D eigenvalue weighted by molar-refractivity contribution is 7.89. The van der Waals surface area contributed by atoms with E-state index >= 15 is 0 Å². The first-order valence-electron chi connectivity index (χ1n) is 13.3. The first-order valence-corrected chi connectivity index (χ1v) is 15.6. The summed E-state index contributed by atoms with van der Waals surface area (Å²) < 4.78 is 97.9. The second kappa shape index (κ2) is 10.1. The van der Waals surface area contributed by atoms with Crippen LogP contribution in [0, 0.1) is 12.0 Å². The number of alkyl halides is 5. The molecule has 43 heavy (non-hydrogen) atoms. The quantitative estimate of drug-likeness (QED) is 0.289. The molecule has 6 rings (SSSR count). The van der Waals surface area contributed by atoms with E-state index in [0.717, 1.165) is 18.9 Å². The summed E-state index contributed by atoms with van der Waals surface area (Å²) in [4.78, 5) is 19.3. The summed E-state index contributed by atoms with van der Waals surface area (Å²) in [6, 6.07) is 2.35. The van der Waals surface area contributed by atoms with Crippen molar-refractivity contribution in [3.05, 3.63) is 28.6 Å². The number of fused-ring (bicyclic) bond motifs is 1. The molecule has 3 aromatic rings. The van der Waals surface area contributed by atoms with Gasteiger partial charge in [-0.25, -0.2) is 23.8 Å². The standard InChI is InChI=1S/C25H25F5N8O3S2/c1-23(3-4-23)22(39)37-9-7-36(8-10-37)16-12-14(43(40,41)35-24(31-2)5-6-24)11-15-17(20-32-33-21(42-20)19(26)27)34-38(18(15)16)13-25(28,29)30/h11-12,19,35H,3-10,13H2,1H3. The highest BCUT2D eigenvalue weighted by atomic mass is 32.2. The maximum Gasteiger partial charge on any atom is 0.408 e. The molecule has 1 N–H and O–H groups in total. The molecule has 1 saturated heterocycles. The summed E-state index contributed by atoms with van der Waals surface area (Å²) in [5.41, 5.74) is -1.90. The Morgan fingerprint density at radius 2 is 1.81 bits per heavy atom. The summed E-state index contributed by atoms with van der Waals surface area (Å²) in [5, 5.41) is 10.3. The fourth-order valence-corrected chi connectivity index (χ4v) is 7.23. The normalized spacial score (nSPS) is 19.6. The van der Waals surface area contributed by atoms with E-state index in [-0.39, 0.29) is 64.3 Å². The predicted octanol–water partition coefficient (Wildman–Crippen LogP) is 4.19. The molecule has 230 valence electrons. The summed E-state index contributed by atoms with van der Waals surface area (Å²) in [5.74, 6) is 0.00204. The Balaban J connectivity index is 1.49. The van der Waals surface area contributed by atoms with Gasteiger partial charge in [0.15, 0.2) is 10.0 Å². The van der Waals surface area contributed by atoms with Crippen molar-refractivity contribution >= 4 is 43.9 Å². The van der Waals surface area contributed by atoms with Gasteiger partial charge in [0, 0.05) is 37.0 Å². The lowest BCUT2D eigenvalue weighted by atomic mass is 10.1. The molecule has 1 amide bonds. The summed E-state index contributed by atoms with van der Waals surface area (Å²) >= 11 is 0.438. The Morgan fingerprint density at radius 3 is 2.35 bits per heavy atom. The maximum atomic E-state index is 13.7. The van der Waals surface area contributed by atoms with Crippen molar-refractivity contribution in [3.63, 3.8) is 0 Å². The molecule has 18 heteroatoms. The van der Waals surface area contributed by atoms with E-state index in [1.807, 2.05) is 6.92 Å². The minimum Gasteiger partial charge on any atom is -0.366 e. The van der Waals surface area contributed by atoms with Gasteiger partial charge in [-0.2, -0.15) is 18.3 Å². The number of rotatable bonds is 8. The highest BCUT2D eigenvalue weighted by Gasteiger charge is 2.54. The van der Waals surface area contributed by atoms with Crippen LogP contribution in [0.25, 0.3) is 26.4 Å². The molecule has 2 aliphatic carbocycles. The van der Waals surface area contributed by atoms with Crippen LogP contribution < -0.4 is 9.62 Å². The smallest absolute Gasteiger partial charge is 0.366 e. The number of piperazine rings is 1. The zero-order chi connectivity index (χ0) is 30.9. The Labute approximate surface area is 246 Å². The maximum absolute atomic E-state index is 13.7. The lowest BCUT2D eigenvalue weighted by Gasteiger charge is -2.37. The molecule has 0 bridgehead atoms. The van der Waals surface area contributed by atoms with Crippen LogP contribution in [0.1, 0.15) is 44.0 Å². The van der Waals surface area contributed by atoms with E-state index in [2.05, 4.69) is 24.9 Å². The van der Waals surface area contributed by atoms with Crippen LogP contribution in [-0.4, -0.2) is 77.2 Å². The molecular formula is C25H25F5N8O3S2. The Morgan fingerprint density at radius 1 is 1.14 bits per heavy atom. The number of carbonyl (C=O) groups is 1. The van der Waals surface area contributed by atoms with E-state index in [4.69, 9.17) is 6.57 Å². The third kappa shape index (κ3) is 5.65. The lowest BCUT2D eigenvalue weighted by Crippen LogP contribution is -2.50. The number of sulfonamides is 1. The highest BCUT2D eigenvalue weighted by Crippen LogP contribution is 2.47. The van der Waals surface area contributed by atoms with Gasteiger partial charge in [0.2, 0.25) is 15.9 Å². The number of benzene rings is 1. The molecule has 0 radical (unpaired) electrons. The van der Waals surface area contributed by atoms with Gasteiger partial charge in [0.1, 0.15) is 12.2 Å². The number of hydrogen-bond acceptors (Lipinski definition) is 8. The second-order valence-corrected chi connectivity index (χ2v) is 14.0. The van der Waals surface area contributed by atoms with Crippen molar-refractivity contribution in [3.8, 4) is 10.7 Å². The first-order chi connectivity index (χ1) is 20.1. The number of nitrogens with zero attached hydrogens (tertiary/aromatic N) is 7. The summed E-state index contributed by atoms with van der Waals surface area (Å²) in [6.07, 6.45) is -5.54. The van der Waals surface area contributed by atoms with Gasteiger partial charge in [0.25, 0.3) is 12.1 Å². The lowest BCUT2D eigenvalue weighted by molar-refractivity contribution is -0.141. The van der Waals surface area contributed by atoms with Crippen LogP contribution in [0.15, 0.2) is 17.0 Å². The van der Waals surface area contributed by atoms with E-state index in [1.165, 1.54) is 6.07 Å². The molecule has 11 nitrogen and oxygen atoms in total. The van der Waals surface area contributed by atoms with E-state index < -0.39 is 45.3 Å². The largest absolute Gasteiger partial charge is 0.408 e. The van der Waals surface area contributed by atoms with Crippen molar-refractivity contribution in [1.82, 2.24) is 29.6 Å². The number of anilines is 1. The molecule has 0 unspecified atom stereocenters. The van der Waals surface area contributed by atoms with Crippen molar-refractivity contribution in [2.75, 3.05) is 31.1 Å². The van der Waals surface area contributed by atoms with Gasteiger partial charge < -0.3 is 9.80 Å². The fraction of sp³-hybridized carbons (Fsp3) is 0.560. The average Bonchev–Trinajstić information content (AvgIpc) is 3.79. The third-order valence-electron chi connectivity index (χ3n) is 7.95. The number of aromatic nitrogens is 4. The molecule has 1 aromatic carbocycles. The SMILES string of the molecule is [C-]#[N+]C1(NS(=O)(=O)c2cc(N3CCN(C(=O)C4(C)CC4)CC3)c3c(c2)c(-c2nnc(C(F)F)s2)nn3CC(F)(F)F)CC1. The zero-order valence-corrected chi connectivity index (χ0v) is 24.3. The van der Waals surface area contributed by atoms with Crippen LogP contribution in [0.4, 0.5) is 27.6 Å². The monoisotopic (exact) mass is 644 g/mol. The number of halogens is 5. The number of amides is 1. The molecule has 2 aromatic heterocycles. The van der Waals surface area contributed by atoms with Crippen molar-refractivity contribution < 1.29 is 35.2 Å². The van der Waals surface area contributed by atoms with Crippen molar-refractivity contribution in [2.24, 2.45) is 5.41 Å². The molecule has 3 fully saturated rings. The van der Waals surface area contributed by atoms with E-state index in [0.29, 0.717) is 28.9 Å². The third-order valence-corrected chi connectivity index (χ3v) is 10.4. The Kier molecular flexibility index (Phi) is 6.93. The topological polar surface area (TPSA) is 118 Å². The van der Waals surface area contributed by atoms with Crippen molar-refractivity contribution in [2.45, 2.75) is 62.3 Å². The average molecular weight is 645 g/mol. The molecule has 0 atom stereocenters. The molecule has 0 spiro atoms. The molecule has 3 aliphatic rings. The second-order valence-electron chi connectivity index (χ2n) is 11.3. The minimum absolute atomic E-state index is 0.00204. The van der Waals surface area contributed by atoms with Crippen LogP contribution in [-0.2, 0) is 21.4 Å². The molecule has 1 aliphatic heterocycles. The molecular weight excluding hydrogens is 619 g/mol. The van der Waals surface area contributed by atoms with Gasteiger partial charge in [0.05, 0.1) is 28.9 Å². The van der Waals surface area contributed by atoms with E-state index in [1.54, 1.807) is 9.80 Å². The van der Waals surface area contributed by atoms with Crippen LogP contribution in [0.2, 0.25) is 0 Å². The number of carbonyl (C=O) groups excluding carboxylic acids is 1. The van der Waals surface area contributed by atoms with Gasteiger partial charge >= 0.3 is 6.18 Å². The van der Waals surface area contributed by atoms with Gasteiger partial charge in [-0.3, -0.25) is 14.3 Å². The van der Waals surface area contributed by atoms with Gasteiger partial charge in [-0.05, 0) is 25.0 Å². The molecule has 2 saturated carbocycles.